The average Bonchev–Trinajstić information content (AvgIpc) is 1.65. The SMILES string of the molecule is COc1ccccc1CC(=O)CC(=O)Cc1ccc(Oc2ccnc3cc(-c4cccc(OCCCN)c4)sc23)c(F)c1.COc1ccccc1CC(=O)CC(=O)Cc1ccc(Oc2ccnc3cc(-c4cccc(OCCCN=C(N)N)c4)sc23)c(F)c1.Cl.N=C(N)n1cccn1. The molecule has 0 aliphatic heterocycles. The zero-order valence-corrected chi connectivity index (χ0v) is 55.9. The van der Waals surface area contributed by atoms with Crippen LogP contribution in [0.25, 0.3) is 41.3 Å². The molecule has 5 aromatic heterocycles. The second kappa shape index (κ2) is 36.3. The fourth-order valence-electron chi connectivity index (χ4n) is 9.88. The van der Waals surface area contributed by atoms with Crippen LogP contribution in [0.2, 0.25) is 0 Å². The number of nitrogens with zero attached hydrogens (tertiary/aromatic N) is 5. The van der Waals surface area contributed by atoms with Gasteiger partial charge in [-0.1, -0.05) is 72.8 Å². The molecule has 6 aromatic carbocycles. The first-order valence-electron chi connectivity index (χ1n) is 30.6. The van der Waals surface area contributed by atoms with Crippen molar-refractivity contribution in [3.63, 3.8) is 0 Å². The fourth-order valence-corrected chi connectivity index (χ4v) is 12.0. The Bertz CT molecular complexity index is 4580. The number of thiophene rings is 2. The van der Waals surface area contributed by atoms with Crippen LogP contribution in [0, 0.1) is 17.0 Å². The summed E-state index contributed by atoms with van der Waals surface area (Å²) in [5.41, 5.74) is 27.0. The molecule has 0 aliphatic rings. The molecule has 11 aromatic rings. The predicted molar refractivity (Wildman–Crippen MR) is 380 cm³/mol. The number of pyridine rings is 2. The van der Waals surface area contributed by atoms with Crippen molar-refractivity contribution in [2.45, 2.75) is 51.4 Å². The summed E-state index contributed by atoms with van der Waals surface area (Å²) >= 11 is 2.96. The number of carbonyl (C=O) groups excluding carboxylic acids is 4. The summed E-state index contributed by atoms with van der Waals surface area (Å²) in [7, 11) is 3.07. The Hall–Kier alpha value is -10.9. The number of hydrogen-bond acceptors (Lipinski definition) is 18. The number of nitrogen functional groups attached to an aromatic ring is 1. The predicted octanol–water partition coefficient (Wildman–Crippen LogP) is 13.2. The highest BCUT2D eigenvalue weighted by molar-refractivity contribution is 7.23. The number of Topliss-reactive ketones (excluding diaryl/α,β-unsaturated/α-hetero) is 4. The minimum atomic E-state index is -0.614. The minimum absolute atomic E-state index is 0. The van der Waals surface area contributed by atoms with Crippen LogP contribution in [0.3, 0.4) is 0 Å². The molecule has 25 heteroatoms. The topological polar surface area (TPSA) is 308 Å². The van der Waals surface area contributed by atoms with E-state index in [-0.39, 0.29) is 97.5 Å². The number of halogens is 3. The van der Waals surface area contributed by atoms with Crippen molar-refractivity contribution in [1.82, 2.24) is 19.7 Å². The molecule has 0 saturated heterocycles. The van der Waals surface area contributed by atoms with Gasteiger partial charge in [-0.15, -0.1) is 35.1 Å². The highest BCUT2D eigenvalue weighted by atomic mass is 35.5. The molecular formula is C73H71ClF2N10O10S2. The smallest absolute Gasteiger partial charge is 0.213 e. The van der Waals surface area contributed by atoms with E-state index in [1.165, 1.54) is 65.8 Å². The van der Waals surface area contributed by atoms with Crippen molar-refractivity contribution in [3.8, 4) is 66.9 Å². The zero-order chi connectivity index (χ0) is 68.6. The Kier molecular flexibility index (Phi) is 27.0. The van der Waals surface area contributed by atoms with Gasteiger partial charge in [0.15, 0.2) is 29.1 Å². The molecule has 0 saturated carbocycles. The molecule has 0 unspecified atom stereocenters. The zero-order valence-electron chi connectivity index (χ0n) is 53.5. The maximum atomic E-state index is 15.2. The molecule has 11 rings (SSSR count). The highest BCUT2D eigenvalue weighted by Crippen LogP contribution is 2.42. The maximum Gasteiger partial charge on any atom is 0.213 e. The van der Waals surface area contributed by atoms with Crippen molar-refractivity contribution in [2.75, 3.05) is 40.5 Å². The van der Waals surface area contributed by atoms with E-state index in [0.717, 1.165) is 53.5 Å². The van der Waals surface area contributed by atoms with Crippen LogP contribution in [0.4, 0.5) is 8.78 Å². The molecule has 506 valence electrons. The first-order chi connectivity index (χ1) is 47.0. The lowest BCUT2D eigenvalue weighted by atomic mass is 10.0. The van der Waals surface area contributed by atoms with E-state index < -0.39 is 11.6 Å². The van der Waals surface area contributed by atoms with Crippen LogP contribution in [-0.2, 0) is 44.9 Å². The molecule has 98 heavy (non-hydrogen) atoms. The van der Waals surface area contributed by atoms with Crippen LogP contribution in [-0.4, -0.2) is 95.3 Å². The third-order valence-corrected chi connectivity index (χ3v) is 16.8. The van der Waals surface area contributed by atoms with Crippen molar-refractivity contribution in [2.24, 2.45) is 27.9 Å². The van der Waals surface area contributed by atoms with E-state index in [2.05, 4.69) is 20.1 Å². The number of hydrogen-bond donors (Lipinski definition) is 5. The van der Waals surface area contributed by atoms with Gasteiger partial charge in [-0.3, -0.25) is 39.5 Å². The first kappa shape index (κ1) is 72.9. The van der Waals surface area contributed by atoms with Crippen LogP contribution in [0.1, 0.15) is 47.9 Å². The monoisotopic (exact) mass is 1380 g/mol. The number of nitrogens with two attached hydrogens (primary N) is 4. The molecule has 9 N–H and O–H groups in total. The van der Waals surface area contributed by atoms with Gasteiger partial charge in [-0.25, -0.2) is 13.5 Å². The molecule has 0 spiro atoms. The third kappa shape index (κ3) is 21.0. The molecule has 0 radical (unpaired) electrons. The van der Waals surface area contributed by atoms with Gasteiger partial charge in [-0.05, 0) is 114 Å². The second-order valence-electron chi connectivity index (χ2n) is 21.7. The van der Waals surface area contributed by atoms with Crippen LogP contribution in [0.15, 0.2) is 194 Å². The largest absolute Gasteiger partial charge is 0.496 e. The van der Waals surface area contributed by atoms with Gasteiger partial charge in [0.2, 0.25) is 5.96 Å². The Morgan fingerprint density at radius 1 is 0.531 bits per heavy atom. The number of fused-ring (bicyclic) bond motifs is 2. The first-order valence-corrected chi connectivity index (χ1v) is 32.2. The highest BCUT2D eigenvalue weighted by Gasteiger charge is 2.20. The molecule has 5 heterocycles. The van der Waals surface area contributed by atoms with Crippen LogP contribution in [0.5, 0.6) is 46.0 Å². The number of guanidine groups is 1. The summed E-state index contributed by atoms with van der Waals surface area (Å²) in [4.78, 5) is 65.0. The number of rotatable bonds is 29. The Morgan fingerprint density at radius 2 is 1.00 bits per heavy atom. The molecule has 20 nitrogen and oxygen atoms in total. The fraction of sp³-hybridized carbons (Fsp3) is 0.192. The van der Waals surface area contributed by atoms with Gasteiger partial charge < -0.3 is 51.4 Å². The molecule has 0 bridgehead atoms. The molecule has 0 aliphatic carbocycles. The van der Waals surface area contributed by atoms with E-state index in [1.807, 2.05) is 84.9 Å². The molecule has 0 atom stereocenters. The van der Waals surface area contributed by atoms with Crippen LogP contribution < -0.4 is 51.4 Å². The summed E-state index contributed by atoms with van der Waals surface area (Å²) in [5.74, 6) is 1.39. The average molecular weight is 1390 g/mol. The lowest BCUT2D eigenvalue weighted by Gasteiger charge is -2.09. The number of para-hydroxylation sites is 2. The van der Waals surface area contributed by atoms with Gasteiger partial charge in [0, 0.05) is 96.5 Å². The summed E-state index contributed by atoms with van der Waals surface area (Å²) in [6, 6.07) is 47.7. The second-order valence-corrected chi connectivity index (χ2v) is 23.8. The van der Waals surface area contributed by atoms with E-state index in [0.29, 0.717) is 83.7 Å². The summed E-state index contributed by atoms with van der Waals surface area (Å²) < 4.78 is 67.3. The van der Waals surface area contributed by atoms with E-state index in [4.69, 9.17) is 56.8 Å². The van der Waals surface area contributed by atoms with Gasteiger partial charge in [0.1, 0.15) is 57.6 Å². The van der Waals surface area contributed by atoms with Crippen molar-refractivity contribution < 1.29 is 56.4 Å². The number of ketones is 4. The Balaban J connectivity index is 0.000000222. The van der Waals surface area contributed by atoms with Gasteiger partial charge in [0.25, 0.3) is 0 Å². The van der Waals surface area contributed by atoms with Crippen molar-refractivity contribution in [3.05, 3.63) is 222 Å². The normalized spacial score (nSPS) is 10.6. The number of methoxy groups -OCH3 is 2. The van der Waals surface area contributed by atoms with Gasteiger partial charge in [0.05, 0.1) is 60.7 Å². The number of nitrogens with one attached hydrogen (secondary N) is 1. The number of aromatic nitrogens is 4. The molecular weight excluding hydrogens is 1310 g/mol. The van der Waals surface area contributed by atoms with Crippen molar-refractivity contribution in [1.29, 1.82) is 5.41 Å². The Labute approximate surface area is 578 Å². The lowest BCUT2D eigenvalue weighted by molar-refractivity contribution is -0.128. The summed E-state index contributed by atoms with van der Waals surface area (Å²) in [6.07, 6.45) is 7.43. The number of ether oxygens (including phenoxy) is 6. The maximum absolute atomic E-state index is 15.2. The van der Waals surface area contributed by atoms with Gasteiger partial charge in [-0.2, -0.15) is 5.10 Å². The number of aliphatic imine (C=N–C) groups is 1. The van der Waals surface area contributed by atoms with E-state index in [9.17, 15) is 19.2 Å². The summed E-state index contributed by atoms with van der Waals surface area (Å²) in [6.45, 7) is 2.07. The van der Waals surface area contributed by atoms with Crippen LogP contribution >= 0.6 is 35.1 Å². The molecule has 0 amide bonds. The minimum Gasteiger partial charge on any atom is -0.496 e. The Morgan fingerprint density at radius 3 is 1.42 bits per heavy atom. The van der Waals surface area contributed by atoms with Crippen molar-refractivity contribution >= 4 is 90.6 Å². The van der Waals surface area contributed by atoms with Gasteiger partial charge >= 0.3 is 0 Å². The van der Waals surface area contributed by atoms with E-state index in [1.54, 1.807) is 79.4 Å². The lowest BCUT2D eigenvalue weighted by Crippen LogP contribution is -2.23. The quantitative estimate of drug-likeness (QED) is 0.0126. The standard InChI is InChI=1S/C35H33FN4O5S.C34H31FN2O5S.C4H6N4.ClH/c1-43-30-9-3-2-6-23(30)18-26(42)20-25(41)16-22-10-11-31(28(36)17-22)45-32-12-14-39-29-21-33(46-34(29)32)24-7-4-8-27(19-24)44-15-5-13-40-35(37)38;1-40-30-9-3-2-6-23(30)18-26(39)20-25(38)16-22-10-11-31(28(35)17-22)42-32-12-14-37-29-21-33(43-34(29)32)24-7-4-8-27(19-24)41-15-5-13-36;5-4(6)8-3-1-2-7-8;/h2-4,6-12,14,17,19,21H,5,13,15-16,18,20H2,1H3,(H4,37,38,40);2-4,6-12,14,17,19,21H,5,13,15-16,18,20,36H2,1H3;1-3H,(H3,5,6);1H. The number of carbonyl (C=O) groups is 4. The van der Waals surface area contributed by atoms with E-state index >= 15 is 8.78 Å². The third-order valence-electron chi connectivity index (χ3n) is 14.4. The number of benzene rings is 6. The molecule has 0 fully saturated rings. The summed E-state index contributed by atoms with van der Waals surface area (Å²) in [5, 5.41) is 10.5.